The summed E-state index contributed by atoms with van der Waals surface area (Å²) in [4.78, 5) is 0. The number of hydrogen-bond acceptors (Lipinski definition) is 1. The van der Waals surface area contributed by atoms with Crippen LogP contribution in [-0.2, 0) is 5.54 Å². The van der Waals surface area contributed by atoms with Crippen molar-refractivity contribution < 1.29 is 0 Å². The quantitative estimate of drug-likeness (QED) is 0.470. The van der Waals surface area contributed by atoms with Gasteiger partial charge in [0, 0.05) is 11.8 Å². The third-order valence-electron chi connectivity index (χ3n) is 1.30. The lowest BCUT2D eigenvalue weighted by atomic mass is 10.1. The maximum absolute atomic E-state index is 5.44. The molecule has 0 amide bonds. The molecule has 0 aromatic carbocycles. The van der Waals surface area contributed by atoms with Crippen LogP contribution in [0, 0.1) is 0 Å². The first-order chi connectivity index (χ1) is 4.50. The monoisotopic (exact) mass is 134 g/mol. The van der Waals surface area contributed by atoms with E-state index >= 15 is 0 Å². The molecule has 0 atom stereocenters. The lowest BCUT2D eigenvalue weighted by Crippen LogP contribution is -2.24. The van der Waals surface area contributed by atoms with E-state index in [2.05, 4.69) is 25.9 Å². The number of hydrogen-bond donors (Lipinski definition) is 0. The largest absolute Gasteiger partial charge is 0.268 e. The molecular weight excluding hydrogens is 123 g/mol. The zero-order valence-corrected chi connectivity index (χ0v) is 6.63. The van der Waals surface area contributed by atoms with Gasteiger partial charge in [0.2, 0.25) is 0 Å². The minimum Gasteiger partial charge on any atom is -0.268 e. The summed E-state index contributed by atoms with van der Waals surface area (Å²) in [7, 11) is 5.44. The second-order valence-corrected chi connectivity index (χ2v) is 3.36. The Balaban J connectivity index is 2.96. The van der Waals surface area contributed by atoms with Gasteiger partial charge in [0.25, 0.3) is 0 Å². The van der Waals surface area contributed by atoms with E-state index in [9.17, 15) is 0 Å². The van der Waals surface area contributed by atoms with E-state index in [1.54, 1.807) is 6.07 Å². The van der Waals surface area contributed by atoms with E-state index in [0.717, 1.165) is 0 Å². The molecule has 0 aliphatic carbocycles. The Morgan fingerprint density at radius 3 is 2.30 bits per heavy atom. The Morgan fingerprint density at radius 1 is 1.50 bits per heavy atom. The van der Waals surface area contributed by atoms with Crippen LogP contribution in [0.25, 0.3) is 0 Å². The summed E-state index contributed by atoms with van der Waals surface area (Å²) in [6, 6.07) is 1.80. The van der Waals surface area contributed by atoms with Crippen LogP contribution in [0.15, 0.2) is 12.3 Å². The molecule has 0 saturated heterocycles. The van der Waals surface area contributed by atoms with Crippen molar-refractivity contribution in [1.82, 2.24) is 9.78 Å². The molecule has 2 radical (unpaired) electrons. The highest BCUT2D eigenvalue weighted by molar-refractivity contribution is 6.30. The highest BCUT2D eigenvalue weighted by Crippen LogP contribution is 2.09. The average Bonchev–Trinajstić information content (AvgIpc) is 2.11. The predicted octanol–water partition coefficient (Wildman–Crippen LogP) is 0.432. The molecule has 1 heterocycles. The molecule has 0 saturated carbocycles. The number of nitrogens with zero attached hydrogens (tertiary/aromatic N) is 2. The molecule has 0 unspecified atom stereocenters. The van der Waals surface area contributed by atoms with E-state index < -0.39 is 0 Å². The van der Waals surface area contributed by atoms with Gasteiger partial charge in [-0.15, -0.1) is 0 Å². The molecule has 3 heteroatoms. The molecule has 0 spiro atoms. The van der Waals surface area contributed by atoms with Crippen LogP contribution >= 0.6 is 0 Å². The van der Waals surface area contributed by atoms with Gasteiger partial charge in [-0.2, -0.15) is 5.10 Å². The fourth-order valence-corrected chi connectivity index (χ4v) is 0.712. The molecular formula is C7H11BN2. The maximum atomic E-state index is 5.44. The van der Waals surface area contributed by atoms with Gasteiger partial charge in [0.1, 0.15) is 7.85 Å². The minimum absolute atomic E-state index is 0.0393. The van der Waals surface area contributed by atoms with Gasteiger partial charge in [-0.3, -0.25) is 4.68 Å². The Morgan fingerprint density at radius 2 is 2.10 bits per heavy atom. The molecule has 1 aromatic rings. The Kier molecular flexibility index (Phi) is 1.59. The first-order valence-corrected chi connectivity index (χ1v) is 3.32. The lowest BCUT2D eigenvalue weighted by molar-refractivity contribution is 0.357. The van der Waals surface area contributed by atoms with Gasteiger partial charge in [-0.05, 0) is 26.8 Å². The lowest BCUT2D eigenvalue weighted by Gasteiger charge is -2.18. The van der Waals surface area contributed by atoms with Crippen molar-refractivity contribution >= 4 is 13.4 Å². The third kappa shape index (κ3) is 1.41. The first-order valence-electron chi connectivity index (χ1n) is 3.32. The van der Waals surface area contributed by atoms with Gasteiger partial charge < -0.3 is 0 Å². The first kappa shape index (κ1) is 7.38. The van der Waals surface area contributed by atoms with Crippen LogP contribution in [0.2, 0.25) is 0 Å². The van der Waals surface area contributed by atoms with Crippen molar-refractivity contribution in [1.29, 1.82) is 0 Å². The van der Waals surface area contributed by atoms with Crippen LogP contribution in [0.3, 0.4) is 0 Å². The van der Waals surface area contributed by atoms with Crippen molar-refractivity contribution in [3.63, 3.8) is 0 Å². The zero-order chi connectivity index (χ0) is 7.78. The SMILES string of the molecule is [B]c1ccn(C(C)(C)C)n1. The molecule has 52 valence electrons. The van der Waals surface area contributed by atoms with Gasteiger partial charge in [-0.25, -0.2) is 0 Å². The second kappa shape index (κ2) is 2.15. The second-order valence-electron chi connectivity index (χ2n) is 3.36. The topological polar surface area (TPSA) is 17.8 Å². The van der Waals surface area contributed by atoms with Crippen LogP contribution in [0.5, 0.6) is 0 Å². The standard InChI is InChI=1S/C7H11BN2/c1-7(2,3)10-5-4-6(8)9-10/h4-5H,1-3H3. The summed E-state index contributed by atoms with van der Waals surface area (Å²) in [5.74, 6) is 0. The van der Waals surface area contributed by atoms with Gasteiger partial charge in [0.05, 0.1) is 5.54 Å². The van der Waals surface area contributed by atoms with Crippen molar-refractivity contribution in [2.24, 2.45) is 0 Å². The van der Waals surface area contributed by atoms with E-state index in [-0.39, 0.29) is 5.54 Å². The molecule has 0 bridgehead atoms. The van der Waals surface area contributed by atoms with E-state index in [0.29, 0.717) is 5.59 Å². The highest BCUT2D eigenvalue weighted by atomic mass is 15.3. The van der Waals surface area contributed by atoms with Crippen molar-refractivity contribution in [2.45, 2.75) is 26.3 Å². The molecule has 0 N–H and O–H groups in total. The summed E-state index contributed by atoms with van der Waals surface area (Å²) in [5.41, 5.74) is 0.618. The summed E-state index contributed by atoms with van der Waals surface area (Å²) in [6.45, 7) is 6.25. The van der Waals surface area contributed by atoms with Crippen LogP contribution in [-0.4, -0.2) is 17.6 Å². The Hall–Kier alpha value is -0.725. The number of aromatic nitrogens is 2. The fourth-order valence-electron chi connectivity index (χ4n) is 0.712. The molecule has 0 aliphatic rings. The average molecular weight is 134 g/mol. The minimum atomic E-state index is 0.0393. The third-order valence-corrected chi connectivity index (χ3v) is 1.30. The molecule has 1 aromatic heterocycles. The van der Waals surface area contributed by atoms with E-state index in [4.69, 9.17) is 7.85 Å². The maximum Gasteiger partial charge on any atom is 0.144 e. The molecule has 1 rings (SSSR count). The Labute approximate surface area is 62.7 Å². The normalized spacial score (nSPS) is 11.9. The van der Waals surface area contributed by atoms with Crippen molar-refractivity contribution in [3.05, 3.63) is 12.3 Å². The van der Waals surface area contributed by atoms with Crippen LogP contribution < -0.4 is 5.59 Å². The van der Waals surface area contributed by atoms with Crippen molar-refractivity contribution in [3.8, 4) is 0 Å². The zero-order valence-electron chi connectivity index (χ0n) is 6.63. The van der Waals surface area contributed by atoms with Gasteiger partial charge in [-0.1, -0.05) is 0 Å². The summed E-state index contributed by atoms with van der Waals surface area (Å²) < 4.78 is 1.85. The molecule has 0 fully saturated rings. The van der Waals surface area contributed by atoms with Crippen molar-refractivity contribution in [2.75, 3.05) is 0 Å². The molecule has 0 aliphatic heterocycles. The van der Waals surface area contributed by atoms with E-state index in [1.807, 2.05) is 10.9 Å². The van der Waals surface area contributed by atoms with Crippen LogP contribution in [0.1, 0.15) is 20.8 Å². The molecule has 10 heavy (non-hydrogen) atoms. The number of rotatable bonds is 0. The summed E-state index contributed by atoms with van der Waals surface area (Å²) >= 11 is 0. The van der Waals surface area contributed by atoms with Gasteiger partial charge in [0.15, 0.2) is 0 Å². The van der Waals surface area contributed by atoms with Gasteiger partial charge >= 0.3 is 0 Å². The predicted molar refractivity (Wildman–Crippen MR) is 42.6 cm³/mol. The fraction of sp³-hybridized carbons (Fsp3) is 0.571. The summed E-state index contributed by atoms with van der Waals surface area (Å²) in [5, 5.41) is 4.08. The molecule has 2 nitrogen and oxygen atoms in total. The smallest absolute Gasteiger partial charge is 0.144 e. The highest BCUT2D eigenvalue weighted by Gasteiger charge is 2.12. The summed E-state index contributed by atoms with van der Waals surface area (Å²) in [6.07, 6.45) is 1.88. The van der Waals surface area contributed by atoms with Crippen LogP contribution in [0.4, 0.5) is 0 Å². The Bertz CT molecular complexity index is 222. The van der Waals surface area contributed by atoms with E-state index in [1.165, 1.54) is 0 Å².